The molecule has 0 aromatic carbocycles. The largest absolute Gasteiger partial charge is 0.391 e. The van der Waals surface area contributed by atoms with Gasteiger partial charge < -0.3 is 10.4 Å². The molecule has 0 saturated heterocycles. The van der Waals surface area contributed by atoms with Crippen LogP contribution in [-0.4, -0.2) is 33.9 Å². The van der Waals surface area contributed by atoms with Gasteiger partial charge in [0.25, 0.3) is 5.91 Å². The predicted octanol–water partition coefficient (Wildman–Crippen LogP) is 0.609. The maximum absolute atomic E-state index is 11.6. The molecule has 15 heavy (non-hydrogen) atoms. The number of aliphatic hydroxyl groups excluding tert-OH is 1. The zero-order valence-corrected chi connectivity index (χ0v) is 9.08. The quantitative estimate of drug-likeness (QED) is 0.667. The molecule has 1 rings (SSSR count). The summed E-state index contributed by atoms with van der Waals surface area (Å²) in [5.74, 6) is -0.198. The summed E-state index contributed by atoms with van der Waals surface area (Å²) in [6.45, 7) is 4.06. The molecule has 5 nitrogen and oxygen atoms in total. The number of aryl methyl sites for hydroxylation is 1. The van der Waals surface area contributed by atoms with Crippen LogP contribution in [0, 0.1) is 6.92 Å². The first-order valence-electron chi connectivity index (χ1n) is 5.11. The van der Waals surface area contributed by atoms with Gasteiger partial charge in [-0.1, -0.05) is 13.3 Å². The van der Waals surface area contributed by atoms with E-state index in [0.717, 1.165) is 12.1 Å². The lowest BCUT2D eigenvalue weighted by molar-refractivity contribution is 0.0909. The van der Waals surface area contributed by atoms with Crippen molar-refractivity contribution in [1.82, 2.24) is 15.5 Å². The average Bonchev–Trinajstić information content (AvgIpc) is 2.61. The molecule has 1 atom stereocenters. The number of nitrogens with one attached hydrogen (secondary N) is 2. The molecule has 1 unspecified atom stereocenters. The van der Waals surface area contributed by atoms with Crippen LogP contribution in [0.5, 0.6) is 0 Å². The molecule has 1 aromatic rings. The first-order chi connectivity index (χ1) is 7.15. The Bertz CT molecular complexity index is 322. The van der Waals surface area contributed by atoms with Gasteiger partial charge in [-0.05, 0) is 13.3 Å². The maximum Gasteiger partial charge on any atom is 0.254 e. The van der Waals surface area contributed by atoms with E-state index >= 15 is 0 Å². The zero-order valence-electron chi connectivity index (χ0n) is 9.08. The number of hydrogen-bond acceptors (Lipinski definition) is 3. The van der Waals surface area contributed by atoms with Gasteiger partial charge in [-0.2, -0.15) is 5.10 Å². The molecule has 0 aliphatic rings. The minimum absolute atomic E-state index is 0.198. The molecule has 0 aliphatic carbocycles. The van der Waals surface area contributed by atoms with Crippen molar-refractivity contribution < 1.29 is 9.90 Å². The lowest BCUT2D eigenvalue weighted by Crippen LogP contribution is -2.32. The summed E-state index contributed by atoms with van der Waals surface area (Å²) in [6.07, 6.45) is 2.62. The van der Waals surface area contributed by atoms with E-state index in [0.29, 0.717) is 12.0 Å². The normalized spacial score (nSPS) is 12.5. The molecule has 84 valence electrons. The van der Waals surface area contributed by atoms with E-state index in [4.69, 9.17) is 0 Å². The molecule has 0 saturated carbocycles. The zero-order chi connectivity index (χ0) is 11.3. The number of amides is 1. The third-order valence-electron chi connectivity index (χ3n) is 2.19. The molecule has 5 heteroatoms. The van der Waals surface area contributed by atoms with E-state index in [1.54, 1.807) is 6.92 Å². The average molecular weight is 211 g/mol. The van der Waals surface area contributed by atoms with Crippen LogP contribution in [-0.2, 0) is 0 Å². The highest BCUT2D eigenvalue weighted by Crippen LogP contribution is 2.02. The molecule has 0 radical (unpaired) electrons. The van der Waals surface area contributed by atoms with Gasteiger partial charge in [0, 0.05) is 12.2 Å². The molecule has 3 N–H and O–H groups in total. The van der Waals surface area contributed by atoms with E-state index in [1.165, 1.54) is 6.20 Å². The molecule has 0 bridgehead atoms. The Balaban J connectivity index is 2.40. The van der Waals surface area contributed by atoms with Gasteiger partial charge in [0.1, 0.15) is 0 Å². The van der Waals surface area contributed by atoms with E-state index < -0.39 is 6.10 Å². The summed E-state index contributed by atoms with van der Waals surface area (Å²) in [4.78, 5) is 11.6. The summed E-state index contributed by atoms with van der Waals surface area (Å²) in [6, 6.07) is 0. The Morgan fingerprint density at radius 2 is 2.47 bits per heavy atom. The van der Waals surface area contributed by atoms with Crippen LogP contribution in [0.3, 0.4) is 0 Å². The standard InChI is InChI=1S/C10H17N3O2/c1-3-4-8(14)5-11-10(15)9-6-12-13-7(9)2/h6,8,14H,3-5H2,1-2H3,(H,11,15)(H,12,13). The number of hydrogen-bond donors (Lipinski definition) is 3. The number of H-pyrrole nitrogens is 1. The monoisotopic (exact) mass is 211 g/mol. The third kappa shape index (κ3) is 3.36. The summed E-state index contributed by atoms with van der Waals surface area (Å²) >= 11 is 0. The lowest BCUT2D eigenvalue weighted by atomic mass is 10.2. The number of aromatic nitrogens is 2. The van der Waals surface area contributed by atoms with Crippen molar-refractivity contribution in [2.45, 2.75) is 32.8 Å². The molecular weight excluding hydrogens is 194 g/mol. The fourth-order valence-corrected chi connectivity index (χ4v) is 1.32. The Kier molecular flexibility index (Phi) is 4.30. The number of aromatic amines is 1. The summed E-state index contributed by atoms with van der Waals surface area (Å²) < 4.78 is 0. The van der Waals surface area contributed by atoms with E-state index in [1.807, 2.05) is 6.92 Å². The molecule has 0 aliphatic heterocycles. The van der Waals surface area contributed by atoms with Gasteiger partial charge in [-0.3, -0.25) is 9.89 Å². The minimum Gasteiger partial charge on any atom is -0.391 e. The summed E-state index contributed by atoms with van der Waals surface area (Å²) in [7, 11) is 0. The van der Waals surface area contributed by atoms with Crippen LogP contribution in [0.25, 0.3) is 0 Å². The van der Waals surface area contributed by atoms with Crippen LogP contribution >= 0.6 is 0 Å². The van der Waals surface area contributed by atoms with E-state index in [2.05, 4.69) is 15.5 Å². The van der Waals surface area contributed by atoms with Crippen LogP contribution in [0.4, 0.5) is 0 Å². The van der Waals surface area contributed by atoms with Crippen molar-refractivity contribution in [3.63, 3.8) is 0 Å². The summed E-state index contributed by atoms with van der Waals surface area (Å²) in [5, 5.41) is 18.5. The number of nitrogens with zero attached hydrogens (tertiary/aromatic N) is 1. The third-order valence-corrected chi connectivity index (χ3v) is 2.19. The summed E-state index contributed by atoms with van der Waals surface area (Å²) in [5.41, 5.74) is 1.26. The predicted molar refractivity (Wildman–Crippen MR) is 56.6 cm³/mol. The van der Waals surface area contributed by atoms with E-state index in [-0.39, 0.29) is 12.5 Å². The fraction of sp³-hybridized carbons (Fsp3) is 0.600. The Morgan fingerprint density at radius 3 is 3.00 bits per heavy atom. The van der Waals surface area contributed by atoms with Crippen LogP contribution in [0.1, 0.15) is 35.8 Å². The second-order valence-corrected chi connectivity index (χ2v) is 3.56. The first kappa shape index (κ1) is 11.7. The van der Waals surface area contributed by atoms with Crippen LogP contribution in [0.15, 0.2) is 6.20 Å². The highest BCUT2D eigenvalue weighted by atomic mass is 16.3. The van der Waals surface area contributed by atoms with Crippen molar-refractivity contribution in [1.29, 1.82) is 0 Å². The Labute approximate surface area is 88.9 Å². The fourth-order valence-electron chi connectivity index (χ4n) is 1.32. The smallest absolute Gasteiger partial charge is 0.254 e. The molecule has 1 heterocycles. The lowest BCUT2D eigenvalue weighted by Gasteiger charge is -2.10. The molecule has 0 spiro atoms. The number of carbonyl (C=O) groups excluding carboxylic acids is 1. The Morgan fingerprint density at radius 1 is 1.73 bits per heavy atom. The number of rotatable bonds is 5. The topological polar surface area (TPSA) is 78.0 Å². The molecule has 1 aromatic heterocycles. The SMILES string of the molecule is CCCC(O)CNC(=O)c1cn[nH]c1C. The maximum atomic E-state index is 11.6. The molecule has 1 amide bonds. The first-order valence-corrected chi connectivity index (χ1v) is 5.11. The van der Waals surface area contributed by atoms with Gasteiger partial charge in [0.15, 0.2) is 0 Å². The number of carbonyl (C=O) groups is 1. The Hall–Kier alpha value is -1.36. The molecular formula is C10H17N3O2. The van der Waals surface area contributed by atoms with Crippen molar-refractivity contribution in [3.05, 3.63) is 17.5 Å². The molecule has 0 fully saturated rings. The second kappa shape index (κ2) is 5.50. The highest BCUT2D eigenvalue weighted by molar-refractivity contribution is 5.94. The number of aliphatic hydroxyl groups is 1. The van der Waals surface area contributed by atoms with Crippen molar-refractivity contribution in [2.75, 3.05) is 6.54 Å². The highest BCUT2D eigenvalue weighted by Gasteiger charge is 2.11. The van der Waals surface area contributed by atoms with Gasteiger partial charge >= 0.3 is 0 Å². The minimum atomic E-state index is -0.467. The van der Waals surface area contributed by atoms with Gasteiger partial charge in [-0.25, -0.2) is 0 Å². The van der Waals surface area contributed by atoms with Gasteiger partial charge in [0.2, 0.25) is 0 Å². The van der Waals surface area contributed by atoms with Crippen LogP contribution in [0.2, 0.25) is 0 Å². The van der Waals surface area contributed by atoms with Gasteiger partial charge in [-0.15, -0.1) is 0 Å². The van der Waals surface area contributed by atoms with Gasteiger partial charge in [0.05, 0.1) is 17.9 Å². The van der Waals surface area contributed by atoms with Crippen molar-refractivity contribution in [2.24, 2.45) is 0 Å². The van der Waals surface area contributed by atoms with Crippen molar-refractivity contribution >= 4 is 5.91 Å². The van der Waals surface area contributed by atoms with E-state index in [9.17, 15) is 9.90 Å². The van der Waals surface area contributed by atoms with Crippen molar-refractivity contribution in [3.8, 4) is 0 Å². The second-order valence-electron chi connectivity index (χ2n) is 3.56. The van der Waals surface area contributed by atoms with Crippen LogP contribution < -0.4 is 5.32 Å².